The van der Waals surface area contributed by atoms with Gasteiger partial charge >= 0.3 is 5.97 Å². The molecule has 1 aromatic carbocycles. The monoisotopic (exact) mass is 272 g/mol. The summed E-state index contributed by atoms with van der Waals surface area (Å²) in [6, 6.07) is 6.99. The van der Waals surface area contributed by atoms with E-state index < -0.39 is 0 Å². The predicted octanol–water partition coefficient (Wildman–Crippen LogP) is 2.31. The van der Waals surface area contributed by atoms with Gasteiger partial charge in [0.25, 0.3) is 0 Å². The van der Waals surface area contributed by atoms with Crippen LogP contribution in [0.3, 0.4) is 0 Å². The Balaban J connectivity index is 2.04. The first-order valence-electron chi connectivity index (χ1n) is 6.63. The molecule has 104 valence electrons. The fourth-order valence-corrected chi connectivity index (χ4v) is 2.76. The van der Waals surface area contributed by atoms with Gasteiger partial charge in [0.1, 0.15) is 11.6 Å². The van der Waals surface area contributed by atoms with Crippen LogP contribution < -0.4 is 0 Å². The average molecular weight is 272 g/mol. The predicted molar refractivity (Wildman–Crippen MR) is 73.3 cm³/mol. The van der Waals surface area contributed by atoms with E-state index in [0.717, 1.165) is 36.5 Å². The van der Waals surface area contributed by atoms with Crippen LogP contribution in [0.4, 0.5) is 0 Å². The van der Waals surface area contributed by atoms with Crippen LogP contribution in [0.25, 0.3) is 11.4 Å². The summed E-state index contributed by atoms with van der Waals surface area (Å²) < 4.78 is 6.90. The van der Waals surface area contributed by atoms with Crippen LogP contribution in [0.1, 0.15) is 24.5 Å². The van der Waals surface area contributed by atoms with Crippen molar-refractivity contribution >= 4 is 5.97 Å². The molecule has 1 atom stereocenters. The third kappa shape index (κ3) is 2.05. The molecule has 1 N–H and O–H groups in total. The van der Waals surface area contributed by atoms with Crippen LogP contribution in [0, 0.1) is 0 Å². The lowest BCUT2D eigenvalue weighted by Crippen LogP contribution is -2.23. The standard InChI is InChI=1S/C15H16N2O3/c1-20-15(19)12-6-3-7-17-13(12)9-16-14(17)10-4-2-5-11(18)8-10/h2,4-5,8-9,12,18H,3,6-7H2,1H3. The van der Waals surface area contributed by atoms with Gasteiger partial charge in [0.05, 0.1) is 18.7 Å². The Labute approximate surface area is 116 Å². The third-order valence-corrected chi connectivity index (χ3v) is 3.71. The minimum atomic E-state index is -0.243. The zero-order chi connectivity index (χ0) is 14.1. The van der Waals surface area contributed by atoms with E-state index in [-0.39, 0.29) is 17.6 Å². The van der Waals surface area contributed by atoms with E-state index in [2.05, 4.69) is 4.98 Å². The summed E-state index contributed by atoms with van der Waals surface area (Å²) in [5, 5.41) is 9.58. The van der Waals surface area contributed by atoms with Gasteiger partial charge in [-0.15, -0.1) is 0 Å². The van der Waals surface area contributed by atoms with Crippen molar-refractivity contribution in [3.63, 3.8) is 0 Å². The first-order valence-corrected chi connectivity index (χ1v) is 6.63. The molecule has 5 nitrogen and oxygen atoms in total. The van der Waals surface area contributed by atoms with Gasteiger partial charge in [-0.1, -0.05) is 12.1 Å². The second-order valence-corrected chi connectivity index (χ2v) is 4.93. The molecule has 1 unspecified atom stereocenters. The zero-order valence-electron chi connectivity index (χ0n) is 11.2. The number of aromatic nitrogens is 2. The maximum atomic E-state index is 11.8. The number of hydrogen-bond donors (Lipinski definition) is 1. The Morgan fingerprint density at radius 1 is 1.50 bits per heavy atom. The Kier molecular flexibility index (Phi) is 3.18. The summed E-state index contributed by atoms with van der Waals surface area (Å²) in [4.78, 5) is 16.2. The van der Waals surface area contributed by atoms with Gasteiger partial charge in [0.2, 0.25) is 0 Å². The number of nitrogens with zero attached hydrogens (tertiary/aromatic N) is 2. The van der Waals surface area contributed by atoms with Gasteiger partial charge in [-0.25, -0.2) is 4.98 Å². The van der Waals surface area contributed by atoms with E-state index in [1.807, 2.05) is 10.6 Å². The largest absolute Gasteiger partial charge is 0.508 e. The SMILES string of the molecule is COC(=O)C1CCCn2c1cnc2-c1cccc(O)c1. The molecule has 5 heteroatoms. The Morgan fingerprint density at radius 3 is 3.10 bits per heavy atom. The summed E-state index contributed by atoms with van der Waals surface area (Å²) in [5.41, 5.74) is 1.74. The molecule has 1 aliphatic heterocycles. The van der Waals surface area contributed by atoms with E-state index in [9.17, 15) is 9.90 Å². The number of fused-ring (bicyclic) bond motifs is 1. The number of carbonyl (C=O) groups is 1. The van der Waals surface area contributed by atoms with Gasteiger partial charge in [-0.3, -0.25) is 4.79 Å². The molecule has 1 aromatic heterocycles. The van der Waals surface area contributed by atoms with Gasteiger partial charge < -0.3 is 14.4 Å². The highest BCUT2D eigenvalue weighted by molar-refractivity contribution is 5.78. The molecule has 0 spiro atoms. The minimum Gasteiger partial charge on any atom is -0.508 e. The van der Waals surface area contributed by atoms with Crippen molar-refractivity contribution in [2.75, 3.05) is 7.11 Å². The number of rotatable bonds is 2. The summed E-state index contributed by atoms with van der Waals surface area (Å²) >= 11 is 0. The lowest BCUT2D eigenvalue weighted by molar-refractivity contribution is -0.143. The highest BCUT2D eigenvalue weighted by atomic mass is 16.5. The van der Waals surface area contributed by atoms with Crippen molar-refractivity contribution < 1.29 is 14.6 Å². The van der Waals surface area contributed by atoms with Crippen LogP contribution in [0.15, 0.2) is 30.5 Å². The average Bonchev–Trinajstić information content (AvgIpc) is 2.90. The highest BCUT2D eigenvalue weighted by Crippen LogP contribution is 2.33. The number of imidazole rings is 1. The quantitative estimate of drug-likeness (QED) is 0.852. The number of esters is 1. The molecular formula is C15H16N2O3. The van der Waals surface area contributed by atoms with E-state index in [0.29, 0.717) is 0 Å². The van der Waals surface area contributed by atoms with Crippen LogP contribution in [-0.2, 0) is 16.1 Å². The number of hydrogen-bond acceptors (Lipinski definition) is 4. The van der Waals surface area contributed by atoms with Gasteiger partial charge in [0, 0.05) is 18.3 Å². The molecule has 0 saturated heterocycles. The number of phenolic OH excluding ortho intramolecular Hbond substituents is 1. The molecule has 20 heavy (non-hydrogen) atoms. The molecule has 0 amide bonds. The smallest absolute Gasteiger partial charge is 0.314 e. The van der Waals surface area contributed by atoms with Crippen molar-refractivity contribution in [3.05, 3.63) is 36.2 Å². The summed E-state index contributed by atoms with van der Waals surface area (Å²) in [7, 11) is 1.41. The second-order valence-electron chi connectivity index (χ2n) is 4.93. The number of phenols is 1. The van der Waals surface area contributed by atoms with Crippen LogP contribution in [0.5, 0.6) is 5.75 Å². The summed E-state index contributed by atoms with van der Waals surface area (Å²) in [5.74, 6) is 0.533. The number of carbonyl (C=O) groups excluding carboxylic acids is 1. The number of ether oxygens (including phenoxy) is 1. The third-order valence-electron chi connectivity index (χ3n) is 3.71. The Bertz CT molecular complexity index is 648. The first-order chi connectivity index (χ1) is 9.70. The van der Waals surface area contributed by atoms with Crippen molar-refractivity contribution in [2.45, 2.75) is 25.3 Å². The highest BCUT2D eigenvalue weighted by Gasteiger charge is 2.29. The Morgan fingerprint density at radius 2 is 2.35 bits per heavy atom. The lowest BCUT2D eigenvalue weighted by atomic mass is 9.96. The maximum absolute atomic E-state index is 11.8. The van der Waals surface area contributed by atoms with Crippen molar-refractivity contribution in [1.82, 2.24) is 9.55 Å². The maximum Gasteiger partial charge on any atom is 0.314 e. The second kappa shape index (κ2) is 5.00. The molecule has 0 radical (unpaired) electrons. The van der Waals surface area contributed by atoms with E-state index >= 15 is 0 Å². The van der Waals surface area contributed by atoms with Gasteiger partial charge in [0.15, 0.2) is 0 Å². The molecular weight excluding hydrogens is 256 g/mol. The molecule has 2 aromatic rings. The molecule has 2 heterocycles. The van der Waals surface area contributed by atoms with E-state index in [1.54, 1.807) is 24.4 Å². The molecule has 3 rings (SSSR count). The minimum absolute atomic E-state index is 0.208. The molecule has 1 aliphatic rings. The van der Waals surface area contributed by atoms with Crippen molar-refractivity contribution in [1.29, 1.82) is 0 Å². The summed E-state index contributed by atoms with van der Waals surface area (Å²) in [6.07, 6.45) is 3.44. The number of aromatic hydroxyl groups is 1. The van der Waals surface area contributed by atoms with Crippen LogP contribution in [-0.4, -0.2) is 27.7 Å². The van der Waals surface area contributed by atoms with Crippen molar-refractivity contribution in [2.24, 2.45) is 0 Å². The first kappa shape index (κ1) is 12.7. The van der Waals surface area contributed by atoms with Crippen LogP contribution in [0.2, 0.25) is 0 Å². The zero-order valence-corrected chi connectivity index (χ0v) is 11.2. The molecule has 0 saturated carbocycles. The fraction of sp³-hybridized carbons (Fsp3) is 0.333. The molecule has 0 aliphatic carbocycles. The van der Waals surface area contributed by atoms with Crippen molar-refractivity contribution in [3.8, 4) is 17.1 Å². The van der Waals surface area contributed by atoms with E-state index in [4.69, 9.17) is 4.74 Å². The molecule has 0 fully saturated rings. The van der Waals surface area contributed by atoms with E-state index in [1.165, 1.54) is 7.11 Å². The lowest BCUT2D eigenvalue weighted by Gasteiger charge is -2.23. The van der Waals surface area contributed by atoms with Gasteiger partial charge in [-0.2, -0.15) is 0 Å². The topological polar surface area (TPSA) is 64.4 Å². The summed E-state index contributed by atoms with van der Waals surface area (Å²) in [6.45, 7) is 0.827. The normalized spacial score (nSPS) is 17.6. The number of benzene rings is 1. The molecule has 0 bridgehead atoms. The number of methoxy groups -OCH3 is 1. The Hall–Kier alpha value is -2.30. The van der Waals surface area contributed by atoms with Crippen LogP contribution >= 0.6 is 0 Å². The van der Waals surface area contributed by atoms with Gasteiger partial charge in [-0.05, 0) is 25.0 Å². The fourth-order valence-electron chi connectivity index (χ4n) is 2.76.